The molecule has 0 saturated carbocycles. The molecule has 1 rings (SSSR count). The number of thiocarbonyl (C=S) groups is 1. The van der Waals surface area contributed by atoms with Crippen molar-refractivity contribution < 1.29 is 9.53 Å². The van der Waals surface area contributed by atoms with Crippen LogP contribution in [-0.4, -0.2) is 27.7 Å². The average molecular weight is 374 g/mol. The van der Waals surface area contributed by atoms with Gasteiger partial charge in [-0.05, 0) is 45.1 Å². The second-order valence-corrected chi connectivity index (χ2v) is 6.18. The number of hydrogen-bond donors (Lipinski definition) is 2. The lowest BCUT2D eigenvalue weighted by molar-refractivity contribution is 0.0976. The van der Waals surface area contributed by atoms with E-state index in [0.717, 1.165) is 0 Å². The molecule has 1 atom stereocenters. The second-order valence-electron chi connectivity index (χ2n) is 5.78. The number of carbonyl (C=O) groups is 1. The molecule has 8 heteroatoms. The summed E-state index contributed by atoms with van der Waals surface area (Å²) in [5, 5.41) is 14.8. The third-order valence-electron chi connectivity index (χ3n) is 3.29. The van der Waals surface area contributed by atoms with Crippen molar-refractivity contribution in [3.63, 3.8) is 0 Å². The van der Waals surface area contributed by atoms with Gasteiger partial charge in [-0.15, -0.1) is 0 Å². The molecule has 0 fully saturated rings. The largest absolute Gasteiger partial charge is 0.490 e. The molecule has 0 radical (unpaired) electrons. The Balaban J connectivity index is 2.85. The summed E-state index contributed by atoms with van der Waals surface area (Å²) in [5.41, 5.74) is 0.379. The molecule has 1 unspecified atom stereocenters. The fourth-order valence-electron chi connectivity index (χ4n) is 2.05. The van der Waals surface area contributed by atoms with E-state index in [0.29, 0.717) is 11.3 Å². The summed E-state index contributed by atoms with van der Waals surface area (Å²) in [7, 11) is 1.55. The Labute approximate surface area is 158 Å². The number of nitrogens with one attached hydrogen (secondary N) is 2. The van der Waals surface area contributed by atoms with Gasteiger partial charge in [-0.3, -0.25) is 14.9 Å². The lowest BCUT2D eigenvalue weighted by atomic mass is 10.1. The predicted octanol–water partition coefficient (Wildman–Crippen LogP) is 1.77. The van der Waals surface area contributed by atoms with Gasteiger partial charge < -0.3 is 14.6 Å². The number of hydrogen-bond acceptors (Lipinski definition) is 5. The van der Waals surface area contributed by atoms with E-state index in [4.69, 9.17) is 17.0 Å². The molecule has 1 aromatic rings. The Morgan fingerprint density at radius 3 is 2.58 bits per heavy atom. The van der Waals surface area contributed by atoms with Crippen LogP contribution in [0.2, 0.25) is 0 Å². The van der Waals surface area contributed by atoms with Crippen molar-refractivity contribution in [3.05, 3.63) is 58.2 Å². The third-order valence-corrected chi connectivity index (χ3v) is 3.51. The molecule has 1 aromatic heterocycles. The van der Waals surface area contributed by atoms with E-state index in [1.807, 2.05) is 13.8 Å². The van der Waals surface area contributed by atoms with Crippen molar-refractivity contribution in [1.82, 2.24) is 15.2 Å². The molecule has 0 aliphatic carbocycles. The molecule has 0 saturated heterocycles. The van der Waals surface area contributed by atoms with Gasteiger partial charge in [0.2, 0.25) is 5.56 Å². The fraction of sp³-hybridized carbons (Fsp3) is 0.333. The zero-order chi connectivity index (χ0) is 19.9. The van der Waals surface area contributed by atoms with Crippen LogP contribution >= 0.6 is 12.2 Å². The van der Waals surface area contributed by atoms with Crippen LogP contribution in [0.25, 0.3) is 0 Å². The van der Waals surface area contributed by atoms with Crippen LogP contribution in [0.5, 0.6) is 0 Å². The summed E-state index contributed by atoms with van der Waals surface area (Å²) in [6, 6.07) is 4.28. The summed E-state index contributed by atoms with van der Waals surface area (Å²) in [6.45, 7) is 9.06. The van der Waals surface area contributed by atoms with E-state index in [1.165, 1.54) is 29.0 Å². The number of aryl methyl sites for hydroxylation is 1. The van der Waals surface area contributed by atoms with Crippen molar-refractivity contribution in [2.24, 2.45) is 7.05 Å². The van der Waals surface area contributed by atoms with E-state index in [1.54, 1.807) is 14.0 Å². The zero-order valence-electron chi connectivity index (χ0n) is 15.2. The number of allylic oxidation sites excluding steroid dienone is 1. The van der Waals surface area contributed by atoms with Crippen LogP contribution in [0.15, 0.2) is 47.1 Å². The molecule has 138 valence electrons. The van der Waals surface area contributed by atoms with Crippen LogP contribution in [0.4, 0.5) is 0 Å². The summed E-state index contributed by atoms with van der Waals surface area (Å²) in [6.07, 6.45) is 2.76. The van der Waals surface area contributed by atoms with Gasteiger partial charge in [-0.1, -0.05) is 6.58 Å². The third kappa shape index (κ3) is 5.86. The Kier molecular flexibility index (Phi) is 7.75. The van der Waals surface area contributed by atoms with Crippen molar-refractivity contribution in [3.8, 4) is 6.07 Å². The highest BCUT2D eigenvalue weighted by atomic mass is 32.1. The lowest BCUT2D eigenvalue weighted by Crippen LogP contribution is -2.44. The standard InChI is InChI=1S/C18H22N4O3S/c1-6-15(25-11(2)3)14(9-19)12(4)20-18(26)21-17(24)13-7-8-16(23)22(5)10-13/h6-8,10-12H,1H2,2-5H3,(H2,20,21,24,26)/b15-14+. The smallest absolute Gasteiger partial charge is 0.258 e. The van der Waals surface area contributed by atoms with Crippen LogP contribution in [0, 0.1) is 11.3 Å². The highest BCUT2D eigenvalue weighted by Gasteiger charge is 2.17. The Bertz CT molecular complexity index is 834. The first-order valence-corrected chi connectivity index (χ1v) is 8.32. The Hall–Kier alpha value is -2.92. The van der Waals surface area contributed by atoms with Crippen LogP contribution in [-0.2, 0) is 11.8 Å². The lowest BCUT2D eigenvalue weighted by Gasteiger charge is -2.19. The first-order chi connectivity index (χ1) is 12.2. The Morgan fingerprint density at radius 2 is 2.08 bits per heavy atom. The number of nitrogens with zero attached hydrogens (tertiary/aromatic N) is 2. The predicted molar refractivity (Wildman–Crippen MR) is 103 cm³/mol. The van der Waals surface area contributed by atoms with Gasteiger partial charge in [0.05, 0.1) is 23.3 Å². The molecule has 1 amide bonds. The molecule has 2 N–H and O–H groups in total. The van der Waals surface area contributed by atoms with Crippen LogP contribution < -0.4 is 16.2 Å². The SMILES string of the molecule is C=C/C(OC(C)C)=C(/C#N)C(C)NC(=S)NC(=O)c1ccc(=O)n(C)c1. The fourth-order valence-corrected chi connectivity index (χ4v) is 2.32. The summed E-state index contributed by atoms with van der Waals surface area (Å²) < 4.78 is 6.86. The molecule has 0 aromatic carbocycles. The molecule has 0 bridgehead atoms. The van der Waals surface area contributed by atoms with Gasteiger partial charge in [0, 0.05) is 19.3 Å². The van der Waals surface area contributed by atoms with Crippen molar-refractivity contribution in [2.45, 2.75) is 32.9 Å². The number of amides is 1. The number of rotatable bonds is 6. The van der Waals surface area contributed by atoms with E-state index >= 15 is 0 Å². The van der Waals surface area contributed by atoms with E-state index in [9.17, 15) is 14.9 Å². The average Bonchev–Trinajstić information content (AvgIpc) is 2.56. The van der Waals surface area contributed by atoms with Crippen LogP contribution in [0.3, 0.4) is 0 Å². The Morgan fingerprint density at radius 1 is 1.42 bits per heavy atom. The van der Waals surface area contributed by atoms with Crippen molar-refractivity contribution in [1.29, 1.82) is 5.26 Å². The maximum absolute atomic E-state index is 12.2. The van der Waals surface area contributed by atoms with Crippen molar-refractivity contribution >= 4 is 23.2 Å². The summed E-state index contributed by atoms with van der Waals surface area (Å²) in [4.78, 5) is 23.6. The molecule has 0 spiro atoms. The minimum Gasteiger partial charge on any atom is -0.490 e. The van der Waals surface area contributed by atoms with E-state index in [2.05, 4.69) is 23.3 Å². The number of ether oxygens (including phenoxy) is 1. The summed E-state index contributed by atoms with van der Waals surface area (Å²) in [5.74, 6) is -0.107. The molecular formula is C18H22N4O3S. The first-order valence-electron chi connectivity index (χ1n) is 7.91. The highest BCUT2D eigenvalue weighted by Crippen LogP contribution is 2.13. The molecule has 26 heavy (non-hydrogen) atoms. The van der Waals surface area contributed by atoms with E-state index < -0.39 is 11.9 Å². The first kappa shape index (κ1) is 21.1. The molecular weight excluding hydrogens is 352 g/mol. The molecule has 7 nitrogen and oxygen atoms in total. The number of aromatic nitrogens is 1. The second kappa shape index (κ2) is 9.53. The summed E-state index contributed by atoms with van der Waals surface area (Å²) >= 11 is 5.13. The van der Waals surface area contributed by atoms with Gasteiger partial charge in [0.25, 0.3) is 5.91 Å². The number of carbonyl (C=O) groups excluding carboxylic acids is 1. The van der Waals surface area contributed by atoms with Crippen LogP contribution in [0.1, 0.15) is 31.1 Å². The number of pyridine rings is 1. The van der Waals surface area contributed by atoms with Gasteiger partial charge in [0.15, 0.2) is 5.11 Å². The normalized spacial score (nSPS) is 12.5. The quantitative estimate of drug-likeness (QED) is 0.341. The van der Waals surface area contributed by atoms with Gasteiger partial charge in [-0.2, -0.15) is 5.26 Å². The topological polar surface area (TPSA) is 96.2 Å². The van der Waals surface area contributed by atoms with E-state index in [-0.39, 0.29) is 22.3 Å². The van der Waals surface area contributed by atoms with Crippen molar-refractivity contribution in [2.75, 3.05) is 0 Å². The van der Waals surface area contributed by atoms with Gasteiger partial charge >= 0.3 is 0 Å². The molecule has 0 aliphatic rings. The maximum Gasteiger partial charge on any atom is 0.258 e. The minimum atomic E-state index is -0.500. The molecule has 0 aliphatic heterocycles. The maximum atomic E-state index is 12.2. The zero-order valence-corrected chi connectivity index (χ0v) is 16.0. The van der Waals surface area contributed by atoms with Gasteiger partial charge in [-0.25, -0.2) is 0 Å². The monoisotopic (exact) mass is 374 g/mol. The number of nitriles is 1. The highest BCUT2D eigenvalue weighted by molar-refractivity contribution is 7.80. The minimum absolute atomic E-state index is 0.0528. The van der Waals surface area contributed by atoms with Gasteiger partial charge in [0.1, 0.15) is 11.8 Å². The molecule has 1 heterocycles.